The maximum absolute atomic E-state index is 10.4. The maximum Gasteiger partial charge on any atom is 0.303 e. The molecule has 1 unspecified atom stereocenters. The van der Waals surface area contributed by atoms with Gasteiger partial charge < -0.3 is 14.6 Å². The van der Waals surface area contributed by atoms with Crippen molar-refractivity contribution in [2.45, 2.75) is 25.9 Å². The predicted octanol–water partition coefficient (Wildman–Crippen LogP) is 2.33. The second kappa shape index (κ2) is 6.00. The van der Waals surface area contributed by atoms with Crippen molar-refractivity contribution in [2.24, 2.45) is 0 Å². The molecule has 4 heteroatoms. The number of aliphatic carboxylic acids is 1. The number of carboxylic acids is 1. The van der Waals surface area contributed by atoms with Gasteiger partial charge in [0.15, 0.2) is 11.5 Å². The molecule has 0 saturated heterocycles. The molecule has 0 aliphatic heterocycles. The molecule has 0 amide bonds. The Morgan fingerprint density at radius 2 is 2.00 bits per heavy atom. The van der Waals surface area contributed by atoms with Gasteiger partial charge in [-0.3, -0.25) is 4.79 Å². The summed E-state index contributed by atoms with van der Waals surface area (Å²) in [4.78, 5) is 10.4. The van der Waals surface area contributed by atoms with Crippen LogP contribution in [0.4, 0.5) is 0 Å². The number of benzene rings is 1. The van der Waals surface area contributed by atoms with Crippen LogP contribution in [0.1, 0.15) is 19.8 Å². The summed E-state index contributed by atoms with van der Waals surface area (Å²) < 4.78 is 10.7. The van der Waals surface area contributed by atoms with Gasteiger partial charge in [0, 0.05) is 6.42 Å². The van der Waals surface area contributed by atoms with E-state index in [1.54, 1.807) is 19.2 Å². The lowest BCUT2D eigenvalue weighted by Gasteiger charge is -2.15. The van der Waals surface area contributed by atoms with E-state index in [1.165, 1.54) is 0 Å². The molecule has 1 rings (SSSR count). The molecule has 16 heavy (non-hydrogen) atoms. The van der Waals surface area contributed by atoms with E-state index in [1.807, 2.05) is 19.1 Å². The van der Waals surface area contributed by atoms with Gasteiger partial charge in [-0.2, -0.15) is 0 Å². The van der Waals surface area contributed by atoms with Crippen LogP contribution in [0.15, 0.2) is 24.3 Å². The highest BCUT2D eigenvalue weighted by Crippen LogP contribution is 2.27. The van der Waals surface area contributed by atoms with E-state index in [0.29, 0.717) is 17.9 Å². The highest BCUT2D eigenvalue weighted by Gasteiger charge is 2.09. The Bertz CT molecular complexity index is 349. The lowest BCUT2D eigenvalue weighted by atomic mass is 10.2. The van der Waals surface area contributed by atoms with Crippen molar-refractivity contribution in [3.63, 3.8) is 0 Å². The van der Waals surface area contributed by atoms with Gasteiger partial charge in [-0.05, 0) is 25.5 Å². The lowest BCUT2D eigenvalue weighted by molar-refractivity contribution is -0.137. The number of carboxylic acid groups (broad SMARTS) is 1. The highest BCUT2D eigenvalue weighted by molar-refractivity contribution is 5.66. The molecular formula is C12H16O4. The largest absolute Gasteiger partial charge is 0.493 e. The van der Waals surface area contributed by atoms with Crippen molar-refractivity contribution in [2.75, 3.05) is 7.11 Å². The van der Waals surface area contributed by atoms with Gasteiger partial charge >= 0.3 is 5.97 Å². The topological polar surface area (TPSA) is 55.8 Å². The van der Waals surface area contributed by atoms with Crippen molar-refractivity contribution in [1.29, 1.82) is 0 Å². The fraction of sp³-hybridized carbons (Fsp3) is 0.417. The van der Waals surface area contributed by atoms with Crippen LogP contribution < -0.4 is 9.47 Å². The third kappa shape index (κ3) is 3.81. The van der Waals surface area contributed by atoms with Crippen LogP contribution in [0, 0.1) is 0 Å². The Morgan fingerprint density at radius 3 is 2.56 bits per heavy atom. The smallest absolute Gasteiger partial charge is 0.303 e. The number of methoxy groups -OCH3 is 1. The highest BCUT2D eigenvalue weighted by atomic mass is 16.5. The van der Waals surface area contributed by atoms with Crippen LogP contribution >= 0.6 is 0 Å². The third-order valence-corrected chi connectivity index (χ3v) is 2.16. The summed E-state index contributed by atoms with van der Waals surface area (Å²) in [7, 11) is 1.57. The van der Waals surface area contributed by atoms with E-state index in [0.717, 1.165) is 0 Å². The normalized spacial score (nSPS) is 11.9. The van der Waals surface area contributed by atoms with Crippen molar-refractivity contribution < 1.29 is 19.4 Å². The monoisotopic (exact) mass is 224 g/mol. The Balaban J connectivity index is 2.55. The second-order valence-corrected chi connectivity index (χ2v) is 3.51. The minimum Gasteiger partial charge on any atom is -0.493 e. The molecule has 0 spiro atoms. The summed E-state index contributed by atoms with van der Waals surface area (Å²) in [5, 5.41) is 8.55. The molecule has 0 aliphatic carbocycles. The first-order valence-electron chi connectivity index (χ1n) is 5.15. The Morgan fingerprint density at radius 1 is 1.38 bits per heavy atom. The maximum atomic E-state index is 10.4. The molecule has 1 atom stereocenters. The second-order valence-electron chi connectivity index (χ2n) is 3.51. The summed E-state index contributed by atoms with van der Waals surface area (Å²) in [6, 6.07) is 7.31. The molecular weight excluding hydrogens is 208 g/mol. The van der Waals surface area contributed by atoms with Gasteiger partial charge in [0.05, 0.1) is 13.2 Å². The third-order valence-electron chi connectivity index (χ3n) is 2.16. The first-order valence-corrected chi connectivity index (χ1v) is 5.15. The number of carbonyl (C=O) groups is 1. The van der Waals surface area contributed by atoms with Crippen molar-refractivity contribution in [3.05, 3.63) is 24.3 Å². The average molecular weight is 224 g/mol. The molecule has 1 aromatic carbocycles. The molecule has 1 N–H and O–H groups in total. The van der Waals surface area contributed by atoms with Crippen LogP contribution in [-0.2, 0) is 4.79 Å². The molecule has 1 aromatic rings. The SMILES string of the molecule is COc1ccccc1OC(C)CCC(=O)O. The van der Waals surface area contributed by atoms with E-state index in [-0.39, 0.29) is 12.5 Å². The molecule has 0 radical (unpaired) electrons. The average Bonchev–Trinajstić information content (AvgIpc) is 2.27. The molecule has 0 saturated carbocycles. The fourth-order valence-corrected chi connectivity index (χ4v) is 1.32. The predicted molar refractivity (Wildman–Crippen MR) is 60.0 cm³/mol. The number of rotatable bonds is 6. The van der Waals surface area contributed by atoms with Crippen molar-refractivity contribution in [1.82, 2.24) is 0 Å². The minimum atomic E-state index is -0.810. The van der Waals surface area contributed by atoms with E-state index in [9.17, 15) is 4.79 Å². The zero-order valence-corrected chi connectivity index (χ0v) is 9.47. The first-order chi connectivity index (χ1) is 7.63. The van der Waals surface area contributed by atoms with Crippen LogP contribution in [-0.4, -0.2) is 24.3 Å². The number of hydrogen-bond acceptors (Lipinski definition) is 3. The van der Waals surface area contributed by atoms with Crippen LogP contribution in [0.2, 0.25) is 0 Å². The lowest BCUT2D eigenvalue weighted by Crippen LogP contribution is -2.14. The summed E-state index contributed by atoms with van der Waals surface area (Å²) >= 11 is 0. The standard InChI is InChI=1S/C12H16O4/c1-9(7-8-12(13)14)16-11-6-4-3-5-10(11)15-2/h3-6,9H,7-8H2,1-2H3,(H,13,14). The zero-order chi connectivity index (χ0) is 12.0. The van der Waals surface area contributed by atoms with Gasteiger partial charge in [-0.1, -0.05) is 12.1 Å². The number of ether oxygens (including phenoxy) is 2. The Kier molecular flexibility index (Phi) is 4.64. The molecule has 88 valence electrons. The molecule has 4 nitrogen and oxygen atoms in total. The van der Waals surface area contributed by atoms with Gasteiger partial charge in [0.2, 0.25) is 0 Å². The molecule has 0 aromatic heterocycles. The summed E-state index contributed by atoms with van der Waals surface area (Å²) in [5.41, 5.74) is 0. The van der Waals surface area contributed by atoms with Gasteiger partial charge in [-0.15, -0.1) is 0 Å². The van der Waals surface area contributed by atoms with Gasteiger partial charge in [0.1, 0.15) is 0 Å². The van der Waals surface area contributed by atoms with Crippen molar-refractivity contribution >= 4 is 5.97 Å². The van der Waals surface area contributed by atoms with Crippen LogP contribution in [0.5, 0.6) is 11.5 Å². The Hall–Kier alpha value is -1.71. The minimum absolute atomic E-state index is 0.107. The summed E-state index contributed by atoms with van der Waals surface area (Å²) in [6.07, 6.45) is 0.441. The molecule has 0 aliphatic rings. The Labute approximate surface area is 94.8 Å². The molecule has 0 fully saturated rings. The quantitative estimate of drug-likeness (QED) is 0.805. The number of hydrogen-bond donors (Lipinski definition) is 1. The van der Waals surface area contributed by atoms with E-state index in [4.69, 9.17) is 14.6 Å². The van der Waals surface area contributed by atoms with Crippen molar-refractivity contribution in [3.8, 4) is 11.5 Å². The summed E-state index contributed by atoms with van der Waals surface area (Å²) in [5.74, 6) is 0.489. The summed E-state index contributed by atoms with van der Waals surface area (Å²) in [6.45, 7) is 1.84. The van der Waals surface area contributed by atoms with Gasteiger partial charge in [0.25, 0.3) is 0 Å². The number of para-hydroxylation sites is 2. The first kappa shape index (κ1) is 12.4. The van der Waals surface area contributed by atoms with Crippen LogP contribution in [0.3, 0.4) is 0 Å². The fourth-order valence-electron chi connectivity index (χ4n) is 1.32. The zero-order valence-electron chi connectivity index (χ0n) is 9.47. The van der Waals surface area contributed by atoms with Gasteiger partial charge in [-0.25, -0.2) is 0 Å². The van der Waals surface area contributed by atoms with E-state index >= 15 is 0 Å². The molecule has 0 bridgehead atoms. The van der Waals surface area contributed by atoms with Crippen LogP contribution in [0.25, 0.3) is 0 Å². The van der Waals surface area contributed by atoms with E-state index in [2.05, 4.69) is 0 Å². The van der Waals surface area contributed by atoms with E-state index < -0.39 is 5.97 Å². The molecule has 0 heterocycles.